The molecular formula is C21H25FIN5. The molecule has 0 saturated heterocycles. The van der Waals surface area contributed by atoms with E-state index < -0.39 is 0 Å². The molecule has 0 aliphatic heterocycles. The molecule has 3 aromatic rings. The molecule has 0 saturated carbocycles. The molecule has 3 rings (SSSR count). The average molecular weight is 493 g/mol. The monoisotopic (exact) mass is 493 g/mol. The Kier molecular flexibility index (Phi) is 7.98. The number of aliphatic imine (C=N–C) groups is 1. The normalized spacial score (nSPS) is 11.1. The number of hydrogen-bond acceptors (Lipinski definition) is 3. The van der Waals surface area contributed by atoms with Crippen molar-refractivity contribution in [1.82, 2.24) is 15.6 Å². The van der Waals surface area contributed by atoms with Crippen LogP contribution < -0.4 is 15.5 Å². The highest BCUT2D eigenvalue weighted by molar-refractivity contribution is 14.0. The number of nitrogens with one attached hydrogen (secondary N) is 2. The number of anilines is 1. The highest BCUT2D eigenvalue weighted by Gasteiger charge is 2.08. The molecule has 5 nitrogen and oxygen atoms in total. The van der Waals surface area contributed by atoms with Crippen LogP contribution in [-0.2, 0) is 13.1 Å². The molecule has 0 aliphatic carbocycles. The molecule has 0 amide bonds. The van der Waals surface area contributed by atoms with Crippen LogP contribution in [-0.4, -0.2) is 32.1 Å². The molecule has 7 heteroatoms. The number of fused-ring (bicyclic) bond motifs is 1. The van der Waals surface area contributed by atoms with Crippen LogP contribution in [0.5, 0.6) is 0 Å². The summed E-state index contributed by atoms with van der Waals surface area (Å²) < 4.78 is 13.0. The van der Waals surface area contributed by atoms with Crippen molar-refractivity contribution < 1.29 is 4.39 Å². The number of hydrogen-bond donors (Lipinski definition) is 2. The second-order valence-corrected chi connectivity index (χ2v) is 6.46. The molecule has 2 aromatic carbocycles. The first-order valence-electron chi connectivity index (χ1n) is 8.82. The summed E-state index contributed by atoms with van der Waals surface area (Å²) in [5.74, 6) is 1.37. The summed E-state index contributed by atoms with van der Waals surface area (Å²) in [5, 5.41) is 7.71. The predicted octanol–water partition coefficient (Wildman–Crippen LogP) is 3.92. The number of pyridine rings is 1. The fraction of sp³-hybridized carbons (Fsp3) is 0.238. The minimum atomic E-state index is -0.234. The van der Waals surface area contributed by atoms with E-state index in [0.29, 0.717) is 19.0 Å². The molecule has 0 bridgehead atoms. The largest absolute Gasteiger partial charge is 0.363 e. The smallest absolute Gasteiger partial charge is 0.191 e. The van der Waals surface area contributed by atoms with Gasteiger partial charge >= 0.3 is 0 Å². The maximum absolute atomic E-state index is 13.0. The van der Waals surface area contributed by atoms with Crippen molar-refractivity contribution in [2.24, 2.45) is 4.99 Å². The van der Waals surface area contributed by atoms with Crippen LogP contribution in [0.4, 0.5) is 10.2 Å². The van der Waals surface area contributed by atoms with E-state index in [4.69, 9.17) is 0 Å². The van der Waals surface area contributed by atoms with E-state index in [9.17, 15) is 4.39 Å². The van der Waals surface area contributed by atoms with Crippen molar-refractivity contribution in [1.29, 1.82) is 0 Å². The van der Waals surface area contributed by atoms with E-state index in [1.165, 1.54) is 12.1 Å². The first-order valence-corrected chi connectivity index (χ1v) is 8.82. The van der Waals surface area contributed by atoms with Gasteiger partial charge in [0.2, 0.25) is 0 Å². The Hall–Kier alpha value is -2.42. The fourth-order valence-corrected chi connectivity index (χ4v) is 2.79. The third-order valence-electron chi connectivity index (χ3n) is 4.29. The van der Waals surface area contributed by atoms with E-state index in [1.807, 2.05) is 37.2 Å². The summed E-state index contributed by atoms with van der Waals surface area (Å²) in [6.45, 7) is 1.19. The van der Waals surface area contributed by atoms with E-state index in [0.717, 1.165) is 27.8 Å². The summed E-state index contributed by atoms with van der Waals surface area (Å²) in [6.07, 6.45) is 0. The van der Waals surface area contributed by atoms with Crippen LogP contribution in [0.25, 0.3) is 10.9 Å². The van der Waals surface area contributed by atoms with Gasteiger partial charge in [-0.1, -0.05) is 30.3 Å². The van der Waals surface area contributed by atoms with Crippen molar-refractivity contribution in [2.75, 3.05) is 26.0 Å². The number of halogens is 2. The average Bonchev–Trinajstić information content (AvgIpc) is 2.69. The Morgan fingerprint density at radius 3 is 2.39 bits per heavy atom. The Morgan fingerprint density at radius 2 is 1.71 bits per heavy atom. The lowest BCUT2D eigenvalue weighted by molar-refractivity contribution is 0.626. The predicted molar refractivity (Wildman–Crippen MR) is 125 cm³/mol. The molecule has 0 unspecified atom stereocenters. The van der Waals surface area contributed by atoms with Crippen LogP contribution in [0.2, 0.25) is 0 Å². The zero-order valence-corrected chi connectivity index (χ0v) is 18.6. The van der Waals surface area contributed by atoms with Crippen molar-refractivity contribution in [2.45, 2.75) is 13.1 Å². The molecule has 1 aromatic heterocycles. The zero-order chi connectivity index (χ0) is 19.2. The molecule has 148 valence electrons. The Bertz CT molecular complexity index is 941. The molecular weight excluding hydrogens is 468 g/mol. The Labute approximate surface area is 182 Å². The fourth-order valence-electron chi connectivity index (χ4n) is 2.79. The molecule has 0 aliphatic rings. The van der Waals surface area contributed by atoms with E-state index in [-0.39, 0.29) is 29.8 Å². The summed E-state index contributed by atoms with van der Waals surface area (Å²) in [7, 11) is 5.70. The minimum absolute atomic E-state index is 0. The van der Waals surface area contributed by atoms with Gasteiger partial charge in [0.25, 0.3) is 0 Å². The lowest BCUT2D eigenvalue weighted by Crippen LogP contribution is -2.36. The molecule has 1 heterocycles. The third kappa shape index (κ3) is 5.54. The van der Waals surface area contributed by atoms with Gasteiger partial charge in [-0.3, -0.25) is 4.99 Å². The van der Waals surface area contributed by atoms with Gasteiger partial charge in [-0.25, -0.2) is 9.37 Å². The number of para-hydroxylation sites is 1. The summed E-state index contributed by atoms with van der Waals surface area (Å²) in [5.41, 5.74) is 3.10. The molecule has 0 atom stereocenters. The van der Waals surface area contributed by atoms with Crippen molar-refractivity contribution in [3.63, 3.8) is 0 Å². The maximum atomic E-state index is 13.0. The molecule has 0 radical (unpaired) electrons. The molecule has 0 fully saturated rings. The summed E-state index contributed by atoms with van der Waals surface area (Å²) in [4.78, 5) is 11.0. The SMILES string of the molecule is CN=C(NCc1ccc(F)cc1)NCc1cc(N(C)C)nc2ccccc12.I. The number of aromatic nitrogens is 1. The van der Waals surface area contributed by atoms with Gasteiger partial charge in [0.05, 0.1) is 5.52 Å². The van der Waals surface area contributed by atoms with Crippen LogP contribution in [0.15, 0.2) is 59.6 Å². The lowest BCUT2D eigenvalue weighted by Gasteiger charge is -2.17. The second kappa shape index (κ2) is 10.2. The van der Waals surface area contributed by atoms with Crippen LogP contribution >= 0.6 is 24.0 Å². The van der Waals surface area contributed by atoms with Gasteiger partial charge in [0.15, 0.2) is 5.96 Å². The highest BCUT2D eigenvalue weighted by atomic mass is 127. The van der Waals surface area contributed by atoms with Crippen molar-refractivity contribution >= 4 is 46.7 Å². The second-order valence-electron chi connectivity index (χ2n) is 6.46. The van der Waals surface area contributed by atoms with Gasteiger partial charge in [0, 0.05) is 39.6 Å². The van der Waals surface area contributed by atoms with Crippen molar-refractivity contribution in [3.8, 4) is 0 Å². The summed E-state index contributed by atoms with van der Waals surface area (Å²) in [6, 6.07) is 16.6. The first kappa shape index (κ1) is 21.9. The topological polar surface area (TPSA) is 52.6 Å². The van der Waals surface area contributed by atoms with Gasteiger partial charge in [-0.15, -0.1) is 24.0 Å². The highest BCUT2D eigenvalue weighted by Crippen LogP contribution is 2.21. The van der Waals surface area contributed by atoms with E-state index in [2.05, 4.69) is 32.7 Å². The number of benzene rings is 2. The maximum Gasteiger partial charge on any atom is 0.191 e. The number of nitrogens with zero attached hydrogens (tertiary/aromatic N) is 3. The third-order valence-corrected chi connectivity index (χ3v) is 4.29. The zero-order valence-electron chi connectivity index (χ0n) is 16.2. The lowest BCUT2D eigenvalue weighted by atomic mass is 10.1. The van der Waals surface area contributed by atoms with Gasteiger partial charge in [-0.2, -0.15) is 0 Å². The Morgan fingerprint density at radius 1 is 1.04 bits per heavy atom. The van der Waals surface area contributed by atoms with Crippen LogP contribution in [0, 0.1) is 5.82 Å². The Balaban J connectivity index is 0.00000280. The van der Waals surface area contributed by atoms with Crippen molar-refractivity contribution in [3.05, 3.63) is 71.5 Å². The molecule has 28 heavy (non-hydrogen) atoms. The van der Waals surface area contributed by atoms with Gasteiger partial charge < -0.3 is 15.5 Å². The summed E-state index contributed by atoms with van der Waals surface area (Å²) >= 11 is 0. The molecule has 2 N–H and O–H groups in total. The standard InChI is InChI=1S/C21H24FN5.HI/c1-23-21(24-13-15-8-10-17(22)11-9-15)25-14-16-12-20(27(2)3)26-19-7-5-4-6-18(16)19;/h4-12H,13-14H2,1-3H3,(H2,23,24,25);1H. The first-order chi connectivity index (χ1) is 13.1. The quantitative estimate of drug-likeness (QED) is 0.322. The number of rotatable bonds is 5. The minimum Gasteiger partial charge on any atom is -0.363 e. The molecule has 0 spiro atoms. The van der Waals surface area contributed by atoms with Gasteiger partial charge in [-0.05, 0) is 35.4 Å². The van der Waals surface area contributed by atoms with Crippen LogP contribution in [0.3, 0.4) is 0 Å². The van der Waals surface area contributed by atoms with Crippen LogP contribution in [0.1, 0.15) is 11.1 Å². The van der Waals surface area contributed by atoms with E-state index in [1.54, 1.807) is 19.2 Å². The van der Waals surface area contributed by atoms with Gasteiger partial charge in [0.1, 0.15) is 11.6 Å². The number of guanidine groups is 1. The van der Waals surface area contributed by atoms with E-state index >= 15 is 0 Å².